The van der Waals surface area contributed by atoms with Crippen LogP contribution in [-0.2, 0) is 6.54 Å². The van der Waals surface area contributed by atoms with Crippen LogP contribution in [0.2, 0.25) is 0 Å². The second kappa shape index (κ2) is 9.23. The van der Waals surface area contributed by atoms with Crippen molar-refractivity contribution in [1.82, 2.24) is 4.90 Å². The summed E-state index contributed by atoms with van der Waals surface area (Å²) in [4.78, 5) is 2.38. The van der Waals surface area contributed by atoms with Crippen LogP contribution in [0.15, 0.2) is 24.3 Å². The first-order valence-electron chi connectivity index (χ1n) is 6.82. The molecular formula is C15H26N2OS. The van der Waals surface area contributed by atoms with Crippen LogP contribution in [0.4, 0.5) is 0 Å². The molecule has 0 aliphatic carbocycles. The van der Waals surface area contributed by atoms with E-state index in [1.807, 2.05) is 36.0 Å². The molecule has 0 saturated carbocycles. The molecule has 0 saturated heterocycles. The first-order chi connectivity index (χ1) is 9.21. The predicted octanol–water partition coefficient (Wildman–Crippen LogP) is 2.60. The molecule has 0 fully saturated rings. The molecule has 0 spiro atoms. The summed E-state index contributed by atoms with van der Waals surface area (Å²) in [7, 11) is 2.17. The van der Waals surface area contributed by atoms with E-state index in [4.69, 9.17) is 10.5 Å². The number of ether oxygens (including phenoxy) is 1. The lowest BCUT2D eigenvalue weighted by Crippen LogP contribution is -2.36. The van der Waals surface area contributed by atoms with Gasteiger partial charge < -0.3 is 10.5 Å². The fourth-order valence-corrected chi connectivity index (χ4v) is 2.88. The molecule has 0 radical (unpaired) electrons. The highest BCUT2D eigenvalue weighted by Gasteiger charge is 2.11. The van der Waals surface area contributed by atoms with Gasteiger partial charge in [-0.2, -0.15) is 11.8 Å². The molecule has 1 rings (SSSR count). The Bertz CT molecular complexity index is 360. The zero-order valence-electron chi connectivity index (χ0n) is 12.3. The lowest BCUT2D eigenvalue weighted by atomic mass is 10.2. The quantitative estimate of drug-likeness (QED) is 0.755. The SMILES string of the molecule is CCC(CSC)N(C)CCOc1cccc(CN)c1. The molecular weight excluding hydrogens is 256 g/mol. The summed E-state index contributed by atoms with van der Waals surface area (Å²) < 4.78 is 5.79. The van der Waals surface area contributed by atoms with Crippen molar-refractivity contribution < 1.29 is 4.74 Å². The average molecular weight is 282 g/mol. The van der Waals surface area contributed by atoms with Crippen LogP contribution in [0.1, 0.15) is 18.9 Å². The van der Waals surface area contributed by atoms with E-state index in [0.29, 0.717) is 12.6 Å². The molecule has 1 atom stereocenters. The van der Waals surface area contributed by atoms with Crippen molar-refractivity contribution in [1.29, 1.82) is 0 Å². The van der Waals surface area contributed by atoms with Crippen LogP contribution in [0.5, 0.6) is 5.75 Å². The molecule has 1 unspecified atom stereocenters. The number of hydrogen-bond donors (Lipinski definition) is 1. The van der Waals surface area contributed by atoms with Gasteiger partial charge in [0.15, 0.2) is 0 Å². The van der Waals surface area contributed by atoms with Crippen molar-refractivity contribution in [3.63, 3.8) is 0 Å². The highest BCUT2D eigenvalue weighted by atomic mass is 32.2. The second-order valence-electron chi connectivity index (χ2n) is 4.70. The summed E-state index contributed by atoms with van der Waals surface area (Å²) in [6, 6.07) is 8.64. The van der Waals surface area contributed by atoms with Crippen molar-refractivity contribution in [2.45, 2.75) is 25.9 Å². The monoisotopic (exact) mass is 282 g/mol. The van der Waals surface area contributed by atoms with Gasteiger partial charge in [-0.05, 0) is 37.4 Å². The van der Waals surface area contributed by atoms with Crippen molar-refractivity contribution in [2.24, 2.45) is 5.73 Å². The minimum Gasteiger partial charge on any atom is -0.492 e. The molecule has 108 valence electrons. The van der Waals surface area contributed by atoms with Gasteiger partial charge >= 0.3 is 0 Å². The van der Waals surface area contributed by atoms with Gasteiger partial charge in [-0.3, -0.25) is 4.90 Å². The fourth-order valence-electron chi connectivity index (χ4n) is 2.00. The molecule has 0 aromatic heterocycles. The molecule has 0 heterocycles. The third-order valence-corrected chi connectivity index (χ3v) is 4.02. The molecule has 1 aromatic rings. The zero-order chi connectivity index (χ0) is 14.1. The van der Waals surface area contributed by atoms with Crippen LogP contribution in [-0.4, -0.2) is 43.1 Å². The number of thioether (sulfide) groups is 1. The minimum absolute atomic E-state index is 0.558. The van der Waals surface area contributed by atoms with Crippen LogP contribution in [0, 0.1) is 0 Å². The predicted molar refractivity (Wildman–Crippen MR) is 84.9 cm³/mol. The van der Waals surface area contributed by atoms with Crippen LogP contribution < -0.4 is 10.5 Å². The summed E-state index contributed by atoms with van der Waals surface area (Å²) in [6.45, 7) is 4.47. The maximum Gasteiger partial charge on any atom is 0.119 e. The van der Waals surface area contributed by atoms with Gasteiger partial charge in [-0.15, -0.1) is 0 Å². The lowest BCUT2D eigenvalue weighted by Gasteiger charge is -2.26. The Hall–Kier alpha value is -0.710. The summed E-state index contributed by atoms with van der Waals surface area (Å²) in [5, 5.41) is 0. The van der Waals surface area contributed by atoms with Gasteiger partial charge in [0, 0.05) is 24.9 Å². The Morgan fingerprint density at radius 2 is 2.21 bits per heavy atom. The van der Waals surface area contributed by atoms with Crippen LogP contribution in [0.3, 0.4) is 0 Å². The topological polar surface area (TPSA) is 38.5 Å². The van der Waals surface area contributed by atoms with Gasteiger partial charge in [0.05, 0.1) is 0 Å². The number of benzene rings is 1. The van der Waals surface area contributed by atoms with E-state index in [2.05, 4.69) is 25.1 Å². The van der Waals surface area contributed by atoms with Gasteiger partial charge in [-0.1, -0.05) is 19.1 Å². The highest BCUT2D eigenvalue weighted by Crippen LogP contribution is 2.13. The van der Waals surface area contributed by atoms with E-state index in [-0.39, 0.29) is 0 Å². The van der Waals surface area contributed by atoms with E-state index in [1.54, 1.807) is 0 Å². The van der Waals surface area contributed by atoms with E-state index in [9.17, 15) is 0 Å². The molecule has 19 heavy (non-hydrogen) atoms. The van der Waals surface area contributed by atoms with Gasteiger partial charge in [-0.25, -0.2) is 0 Å². The average Bonchev–Trinajstić information content (AvgIpc) is 2.44. The molecule has 3 nitrogen and oxygen atoms in total. The Kier molecular flexibility index (Phi) is 7.94. The summed E-state index contributed by atoms with van der Waals surface area (Å²) >= 11 is 1.90. The van der Waals surface area contributed by atoms with E-state index >= 15 is 0 Å². The Balaban J connectivity index is 2.36. The third-order valence-electron chi connectivity index (χ3n) is 3.30. The molecule has 0 aliphatic heterocycles. The molecule has 2 N–H and O–H groups in total. The number of nitrogens with two attached hydrogens (primary N) is 1. The van der Waals surface area contributed by atoms with Crippen LogP contribution >= 0.6 is 11.8 Å². The standard InChI is InChI=1S/C15H26N2OS/c1-4-14(12-19-3)17(2)8-9-18-15-7-5-6-13(10-15)11-16/h5-7,10,14H,4,8-9,11-12,16H2,1-3H3. The molecule has 4 heteroatoms. The third kappa shape index (κ3) is 5.85. The van der Waals surface area contributed by atoms with Gasteiger partial charge in [0.1, 0.15) is 12.4 Å². The van der Waals surface area contributed by atoms with Gasteiger partial charge in [0.2, 0.25) is 0 Å². The van der Waals surface area contributed by atoms with Gasteiger partial charge in [0.25, 0.3) is 0 Å². The lowest BCUT2D eigenvalue weighted by molar-refractivity contribution is 0.199. The molecule has 0 aliphatic rings. The van der Waals surface area contributed by atoms with E-state index in [1.165, 1.54) is 12.2 Å². The fraction of sp³-hybridized carbons (Fsp3) is 0.600. The summed E-state index contributed by atoms with van der Waals surface area (Å²) in [6.07, 6.45) is 3.34. The minimum atomic E-state index is 0.558. The largest absolute Gasteiger partial charge is 0.492 e. The summed E-state index contributed by atoms with van der Waals surface area (Å²) in [5.41, 5.74) is 6.73. The zero-order valence-corrected chi connectivity index (χ0v) is 13.1. The smallest absolute Gasteiger partial charge is 0.119 e. The van der Waals surface area contributed by atoms with Crippen molar-refractivity contribution in [2.75, 3.05) is 32.2 Å². The molecule has 0 amide bonds. The van der Waals surface area contributed by atoms with Crippen molar-refractivity contribution in [3.8, 4) is 5.75 Å². The molecule has 0 bridgehead atoms. The van der Waals surface area contributed by atoms with Crippen LogP contribution in [0.25, 0.3) is 0 Å². The Morgan fingerprint density at radius 1 is 1.42 bits per heavy atom. The molecule has 1 aromatic carbocycles. The highest BCUT2D eigenvalue weighted by molar-refractivity contribution is 7.98. The normalized spacial score (nSPS) is 12.7. The summed E-state index contributed by atoms with van der Waals surface area (Å²) in [5.74, 6) is 2.09. The second-order valence-corrected chi connectivity index (χ2v) is 5.61. The first kappa shape index (κ1) is 16.3. The Morgan fingerprint density at radius 3 is 2.84 bits per heavy atom. The Labute approximate surface area is 121 Å². The van der Waals surface area contributed by atoms with E-state index in [0.717, 1.165) is 24.5 Å². The number of rotatable bonds is 9. The number of nitrogens with zero attached hydrogens (tertiary/aromatic N) is 1. The number of likely N-dealkylation sites (N-methyl/N-ethyl adjacent to an activating group) is 1. The maximum absolute atomic E-state index is 5.79. The number of hydrogen-bond acceptors (Lipinski definition) is 4. The first-order valence-corrected chi connectivity index (χ1v) is 8.21. The van der Waals surface area contributed by atoms with Crippen molar-refractivity contribution >= 4 is 11.8 Å². The van der Waals surface area contributed by atoms with Crippen molar-refractivity contribution in [3.05, 3.63) is 29.8 Å². The maximum atomic E-state index is 5.79. The van der Waals surface area contributed by atoms with E-state index < -0.39 is 0 Å².